The lowest BCUT2D eigenvalue weighted by atomic mass is 9.99. The lowest BCUT2D eigenvalue weighted by Crippen LogP contribution is -2.42. The highest BCUT2D eigenvalue weighted by molar-refractivity contribution is 6.30. The zero-order chi connectivity index (χ0) is 20.2. The van der Waals surface area contributed by atoms with Crippen molar-refractivity contribution < 1.29 is 42.2 Å². The van der Waals surface area contributed by atoms with E-state index in [9.17, 15) is 18.0 Å². The Morgan fingerprint density at radius 3 is 2.70 bits per heavy atom. The van der Waals surface area contributed by atoms with E-state index in [1.807, 2.05) is 0 Å². The molecule has 1 unspecified atom stereocenters. The standard InChI is InChI=1S/C16H17ClF3NO6/c1-8-3-10(17)4-9-5-12(14(16(18,19)20)27-13(8)9)15(22)26-11(6-24-2)7-25-21-23/h3-5,11,14,21,23H,6-7H2,1-2H3/t11?,14-/m0/s1. The van der Waals surface area contributed by atoms with Gasteiger partial charge in [0.2, 0.25) is 6.10 Å². The van der Waals surface area contributed by atoms with E-state index in [-0.39, 0.29) is 29.5 Å². The van der Waals surface area contributed by atoms with E-state index >= 15 is 0 Å². The van der Waals surface area contributed by atoms with Crippen LogP contribution in [0.5, 0.6) is 5.75 Å². The van der Waals surface area contributed by atoms with Crippen molar-refractivity contribution in [3.8, 4) is 5.75 Å². The molecule has 2 rings (SSSR count). The smallest absolute Gasteiger partial charge is 0.430 e. The number of halogens is 4. The van der Waals surface area contributed by atoms with E-state index < -0.39 is 29.9 Å². The number of carbonyl (C=O) groups is 1. The monoisotopic (exact) mass is 411 g/mol. The molecule has 7 nitrogen and oxygen atoms in total. The van der Waals surface area contributed by atoms with Gasteiger partial charge in [0.05, 0.1) is 12.2 Å². The number of fused-ring (bicyclic) bond motifs is 1. The Balaban J connectivity index is 2.36. The number of rotatable bonds is 7. The Morgan fingerprint density at radius 1 is 1.41 bits per heavy atom. The first-order chi connectivity index (χ1) is 12.7. The van der Waals surface area contributed by atoms with Crippen molar-refractivity contribution in [2.45, 2.75) is 25.3 Å². The summed E-state index contributed by atoms with van der Waals surface area (Å²) in [6.07, 6.45) is -7.39. The Hall–Kier alpha value is -1.85. The number of aryl methyl sites for hydroxylation is 1. The van der Waals surface area contributed by atoms with Gasteiger partial charge in [0, 0.05) is 17.7 Å². The van der Waals surface area contributed by atoms with Crippen LogP contribution in [-0.4, -0.2) is 49.9 Å². The van der Waals surface area contributed by atoms with E-state index in [0.717, 1.165) is 6.08 Å². The Kier molecular flexibility index (Phi) is 7.06. The number of alkyl halides is 3. The minimum absolute atomic E-state index is 0.0143. The lowest BCUT2D eigenvalue weighted by Gasteiger charge is -2.29. The maximum Gasteiger partial charge on any atom is 0.430 e. The average Bonchev–Trinajstić information content (AvgIpc) is 2.57. The predicted octanol–water partition coefficient (Wildman–Crippen LogP) is 2.82. The number of methoxy groups -OCH3 is 1. The van der Waals surface area contributed by atoms with Crippen molar-refractivity contribution in [3.63, 3.8) is 0 Å². The van der Waals surface area contributed by atoms with Crippen LogP contribution < -0.4 is 10.4 Å². The largest absolute Gasteiger partial charge is 0.475 e. The van der Waals surface area contributed by atoms with Gasteiger partial charge in [0.15, 0.2) is 6.10 Å². The van der Waals surface area contributed by atoms with E-state index in [1.54, 1.807) is 6.92 Å². The molecule has 1 aliphatic heterocycles. The van der Waals surface area contributed by atoms with Crippen LogP contribution in [0.3, 0.4) is 0 Å². The van der Waals surface area contributed by atoms with Crippen molar-refractivity contribution >= 4 is 23.6 Å². The second kappa shape index (κ2) is 8.89. The van der Waals surface area contributed by atoms with Crippen LogP contribution in [0.15, 0.2) is 17.7 Å². The summed E-state index contributed by atoms with van der Waals surface area (Å²) in [6.45, 7) is 1.02. The van der Waals surface area contributed by atoms with Gasteiger partial charge in [-0.05, 0) is 30.7 Å². The highest BCUT2D eigenvalue weighted by atomic mass is 35.5. The first-order valence-corrected chi connectivity index (χ1v) is 8.01. The van der Waals surface area contributed by atoms with Gasteiger partial charge < -0.3 is 14.2 Å². The van der Waals surface area contributed by atoms with Crippen LogP contribution in [0.1, 0.15) is 11.1 Å². The molecular formula is C16H17ClF3NO6. The van der Waals surface area contributed by atoms with Crippen LogP contribution >= 0.6 is 11.6 Å². The molecule has 0 saturated heterocycles. The Labute approximate surface area is 157 Å². The molecule has 11 heteroatoms. The van der Waals surface area contributed by atoms with E-state index in [0.29, 0.717) is 5.56 Å². The van der Waals surface area contributed by atoms with Gasteiger partial charge in [-0.1, -0.05) is 17.2 Å². The summed E-state index contributed by atoms with van der Waals surface area (Å²) in [6, 6.07) is 2.84. The molecule has 27 heavy (non-hydrogen) atoms. The Bertz CT molecular complexity index is 725. The van der Waals surface area contributed by atoms with Crippen molar-refractivity contribution in [1.29, 1.82) is 0 Å². The van der Waals surface area contributed by atoms with Crippen LogP contribution in [0.25, 0.3) is 6.08 Å². The molecule has 0 radical (unpaired) electrons. The van der Waals surface area contributed by atoms with Gasteiger partial charge in [-0.15, -0.1) is 0 Å². The summed E-state index contributed by atoms with van der Waals surface area (Å²) in [5.74, 6) is -1.27. The van der Waals surface area contributed by atoms with Crippen molar-refractivity contribution in [2.75, 3.05) is 20.3 Å². The van der Waals surface area contributed by atoms with Gasteiger partial charge in [-0.3, -0.25) is 10.0 Å². The molecule has 0 bridgehead atoms. The molecule has 1 heterocycles. The topological polar surface area (TPSA) is 86.3 Å². The summed E-state index contributed by atoms with van der Waals surface area (Å²) >= 11 is 5.93. The maximum atomic E-state index is 13.5. The third-order valence-corrected chi connectivity index (χ3v) is 3.81. The van der Waals surface area contributed by atoms with Crippen LogP contribution in [-0.2, 0) is 19.1 Å². The van der Waals surface area contributed by atoms with E-state index in [1.165, 1.54) is 24.9 Å². The molecule has 2 N–H and O–H groups in total. The molecule has 0 spiro atoms. The fraction of sp³-hybridized carbons (Fsp3) is 0.438. The third kappa shape index (κ3) is 5.33. The van der Waals surface area contributed by atoms with Crippen LogP contribution in [0.2, 0.25) is 5.02 Å². The number of hydrogen-bond donors (Lipinski definition) is 2. The normalized spacial score (nSPS) is 17.6. The Morgan fingerprint density at radius 2 is 2.11 bits per heavy atom. The first-order valence-electron chi connectivity index (χ1n) is 7.63. The average molecular weight is 412 g/mol. The summed E-state index contributed by atoms with van der Waals surface area (Å²) in [5, 5.41) is 8.71. The third-order valence-electron chi connectivity index (χ3n) is 3.59. The zero-order valence-corrected chi connectivity index (χ0v) is 15.1. The molecule has 0 fully saturated rings. The fourth-order valence-corrected chi connectivity index (χ4v) is 2.79. The highest BCUT2D eigenvalue weighted by Crippen LogP contribution is 2.40. The number of ether oxygens (including phenoxy) is 3. The predicted molar refractivity (Wildman–Crippen MR) is 87.3 cm³/mol. The molecular weight excluding hydrogens is 395 g/mol. The maximum absolute atomic E-state index is 13.5. The number of benzene rings is 1. The summed E-state index contributed by atoms with van der Waals surface area (Å²) < 4.78 is 55.3. The summed E-state index contributed by atoms with van der Waals surface area (Å²) in [4.78, 5) is 16.9. The SMILES string of the molecule is COCC(CONO)OC(=O)C1=Cc2cc(Cl)cc(C)c2O[C@@H]1C(F)(F)F. The number of nitrogens with one attached hydrogen (secondary N) is 1. The highest BCUT2D eigenvalue weighted by Gasteiger charge is 2.49. The molecule has 0 aliphatic carbocycles. The van der Waals surface area contributed by atoms with Gasteiger partial charge >= 0.3 is 12.1 Å². The van der Waals surface area contributed by atoms with Crippen LogP contribution in [0, 0.1) is 6.92 Å². The molecule has 0 saturated carbocycles. The first kappa shape index (κ1) is 21.5. The van der Waals surface area contributed by atoms with E-state index in [2.05, 4.69) is 4.84 Å². The minimum Gasteiger partial charge on any atom is -0.475 e. The second-order valence-electron chi connectivity index (χ2n) is 5.67. The molecule has 1 aromatic rings. The lowest BCUT2D eigenvalue weighted by molar-refractivity contribution is -0.192. The number of esters is 1. The molecule has 0 amide bonds. The van der Waals surface area contributed by atoms with Crippen LogP contribution in [0.4, 0.5) is 13.2 Å². The van der Waals surface area contributed by atoms with Crippen molar-refractivity contribution in [1.82, 2.24) is 5.64 Å². The van der Waals surface area contributed by atoms with Gasteiger partial charge in [0.1, 0.15) is 12.4 Å². The molecule has 0 aromatic heterocycles. The van der Waals surface area contributed by atoms with Gasteiger partial charge in [-0.25, -0.2) is 4.79 Å². The van der Waals surface area contributed by atoms with Gasteiger partial charge in [0.25, 0.3) is 0 Å². The quantitative estimate of drug-likeness (QED) is 0.527. The number of hydrogen-bond acceptors (Lipinski definition) is 7. The minimum atomic E-state index is -4.85. The summed E-state index contributed by atoms with van der Waals surface area (Å²) in [7, 11) is 1.30. The molecule has 2 atom stereocenters. The summed E-state index contributed by atoms with van der Waals surface area (Å²) in [5.41, 5.74) is 1.27. The molecule has 150 valence electrons. The van der Waals surface area contributed by atoms with Crippen molar-refractivity contribution in [3.05, 3.63) is 33.9 Å². The number of carbonyl (C=O) groups excluding carboxylic acids is 1. The molecule has 1 aliphatic rings. The van der Waals surface area contributed by atoms with Crippen molar-refractivity contribution in [2.24, 2.45) is 0 Å². The second-order valence-corrected chi connectivity index (χ2v) is 6.10. The fourth-order valence-electron chi connectivity index (χ4n) is 2.51. The zero-order valence-electron chi connectivity index (χ0n) is 14.3. The molecule has 1 aromatic carbocycles. The van der Waals surface area contributed by atoms with Gasteiger partial charge in [-0.2, -0.15) is 13.2 Å². The van der Waals surface area contributed by atoms with E-state index in [4.69, 9.17) is 31.0 Å².